The Morgan fingerprint density at radius 3 is 2.41 bits per heavy atom. The number of hydrogen-bond donors (Lipinski definition) is 2. The summed E-state index contributed by atoms with van der Waals surface area (Å²) < 4.78 is 78.5. The molecule has 0 radical (unpaired) electrons. The van der Waals surface area contributed by atoms with Crippen LogP contribution in [0.2, 0.25) is 5.02 Å². The van der Waals surface area contributed by atoms with Gasteiger partial charge in [0.05, 0.1) is 25.2 Å². The van der Waals surface area contributed by atoms with Gasteiger partial charge in [-0.2, -0.15) is 0 Å². The summed E-state index contributed by atoms with van der Waals surface area (Å²) in [6.07, 6.45) is -1.74. The van der Waals surface area contributed by atoms with Gasteiger partial charge in [-0.3, -0.25) is 0 Å². The van der Waals surface area contributed by atoms with Crippen molar-refractivity contribution in [3.05, 3.63) is 76.4 Å². The van der Waals surface area contributed by atoms with Crippen LogP contribution in [0.4, 0.5) is 18.9 Å². The lowest BCUT2D eigenvalue weighted by atomic mass is 9.96. The fourth-order valence-electron chi connectivity index (χ4n) is 4.42. The number of aromatic nitrogens is 1. The van der Waals surface area contributed by atoms with Crippen LogP contribution in [0.1, 0.15) is 22.7 Å². The zero-order chi connectivity index (χ0) is 28.5. The molecule has 39 heavy (non-hydrogen) atoms. The molecule has 0 saturated carbocycles. The molecule has 0 bridgehead atoms. The lowest BCUT2D eigenvalue weighted by Crippen LogP contribution is -2.17. The van der Waals surface area contributed by atoms with Gasteiger partial charge in [-0.25, -0.2) is 8.42 Å². The molecule has 3 aromatic carbocycles. The molecule has 4 rings (SSSR count). The van der Waals surface area contributed by atoms with Crippen LogP contribution in [0.25, 0.3) is 10.9 Å². The van der Waals surface area contributed by atoms with Gasteiger partial charge in [0.2, 0.25) is 0 Å². The number of aromatic amines is 1. The number of H-pyrrole nitrogens is 1. The average Bonchev–Trinajstić information content (AvgIpc) is 3.24. The van der Waals surface area contributed by atoms with Crippen LogP contribution in [0.5, 0.6) is 17.2 Å². The molecule has 0 aliphatic heterocycles. The van der Waals surface area contributed by atoms with Crippen molar-refractivity contribution >= 4 is 38.0 Å². The number of rotatable bonds is 9. The second kappa shape index (κ2) is 10.9. The van der Waals surface area contributed by atoms with Crippen LogP contribution in [0.15, 0.2) is 59.6 Å². The molecule has 4 aromatic rings. The first-order valence-corrected chi connectivity index (χ1v) is 13.9. The molecule has 0 amide bonds. The van der Waals surface area contributed by atoms with E-state index in [0.29, 0.717) is 49.8 Å². The summed E-state index contributed by atoms with van der Waals surface area (Å²) in [5, 5.41) is 4.36. The van der Waals surface area contributed by atoms with Crippen LogP contribution < -0.4 is 19.5 Å². The Morgan fingerprint density at radius 1 is 1.03 bits per heavy atom. The molecule has 208 valence electrons. The minimum atomic E-state index is -4.83. The molecule has 1 aromatic heterocycles. The molecule has 1 heterocycles. The van der Waals surface area contributed by atoms with Crippen molar-refractivity contribution in [3.63, 3.8) is 0 Å². The number of ether oxygens (including phenoxy) is 3. The SMILES string of the molecule is COc1cc(NC(Cc2c[nH]c3c(C)cc(OC(F)(F)F)cc23)c2ccc(Cl)cc2OC)cc(S(C)(=O)=O)c1. The summed E-state index contributed by atoms with van der Waals surface area (Å²) in [4.78, 5) is 3.19. The Balaban J connectivity index is 1.82. The van der Waals surface area contributed by atoms with E-state index in [1.165, 1.54) is 38.5 Å². The van der Waals surface area contributed by atoms with Crippen LogP contribution in [0, 0.1) is 6.92 Å². The number of alkyl halides is 3. The van der Waals surface area contributed by atoms with Gasteiger partial charge in [0.1, 0.15) is 17.2 Å². The smallest absolute Gasteiger partial charge is 0.497 e. The van der Waals surface area contributed by atoms with E-state index in [9.17, 15) is 21.6 Å². The van der Waals surface area contributed by atoms with Gasteiger partial charge < -0.3 is 24.5 Å². The van der Waals surface area contributed by atoms with Crippen LogP contribution in [-0.4, -0.2) is 40.2 Å². The Hall–Kier alpha value is -3.57. The van der Waals surface area contributed by atoms with Gasteiger partial charge in [-0.1, -0.05) is 17.7 Å². The van der Waals surface area contributed by atoms with Crippen LogP contribution in [0.3, 0.4) is 0 Å². The fourth-order valence-corrected chi connectivity index (χ4v) is 5.25. The molecule has 0 aliphatic carbocycles. The van der Waals surface area contributed by atoms with Crippen LogP contribution in [-0.2, 0) is 16.3 Å². The van der Waals surface area contributed by atoms with Gasteiger partial charge in [-0.05, 0) is 60.9 Å². The first-order chi connectivity index (χ1) is 18.3. The van der Waals surface area contributed by atoms with Crippen molar-refractivity contribution in [2.24, 2.45) is 0 Å². The Kier molecular flexibility index (Phi) is 7.94. The highest BCUT2D eigenvalue weighted by Gasteiger charge is 2.31. The maximum Gasteiger partial charge on any atom is 0.573 e. The Morgan fingerprint density at radius 2 is 1.77 bits per heavy atom. The molecule has 0 fully saturated rings. The Bertz CT molecular complexity index is 1620. The van der Waals surface area contributed by atoms with Crippen molar-refractivity contribution in [1.29, 1.82) is 0 Å². The zero-order valence-corrected chi connectivity index (χ0v) is 23.0. The van der Waals surface area contributed by atoms with Gasteiger partial charge >= 0.3 is 6.36 Å². The second-order valence-electron chi connectivity index (χ2n) is 8.98. The van der Waals surface area contributed by atoms with E-state index in [4.69, 9.17) is 21.1 Å². The van der Waals surface area contributed by atoms with Gasteiger partial charge in [0, 0.05) is 45.7 Å². The molecule has 1 unspecified atom stereocenters. The second-order valence-corrected chi connectivity index (χ2v) is 11.4. The molecule has 0 saturated heterocycles. The predicted molar refractivity (Wildman–Crippen MR) is 144 cm³/mol. The third kappa shape index (κ3) is 6.72. The molecular formula is C27H26ClF3N2O5S. The molecular weight excluding hydrogens is 557 g/mol. The molecule has 2 N–H and O–H groups in total. The third-order valence-corrected chi connectivity index (χ3v) is 7.49. The summed E-state index contributed by atoms with van der Waals surface area (Å²) in [6, 6.07) is 11.8. The predicted octanol–water partition coefficient (Wildman–Crippen LogP) is 6.84. The topological polar surface area (TPSA) is 89.7 Å². The minimum absolute atomic E-state index is 0.0582. The maximum absolute atomic E-state index is 12.9. The maximum atomic E-state index is 12.9. The van der Waals surface area contributed by atoms with E-state index >= 15 is 0 Å². The third-order valence-electron chi connectivity index (χ3n) is 6.16. The number of anilines is 1. The fraction of sp³-hybridized carbons (Fsp3) is 0.259. The van der Waals surface area contributed by atoms with E-state index in [0.717, 1.165) is 6.26 Å². The number of methoxy groups -OCH3 is 2. The molecule has 7 nitrogen and oxygen atoms in total. The molecule has 0 aliphatic rings. The largest absolute Gasteiger partial charge is 0.573 e. The molecule has 12 heteroatoms. The average molecular weight is 583 g/mol. The number of sulfone groups is 1. The van der Waals surface area contributed by atoms with Crippen molar-refractivity contribution in [3.8, 4) is 17.2 Å². The standard InChI is InChI=1S/C27H26ClF3N2O5S/c1-15-7-20(38-27(29,30)31)13-23-16(14-32-26(15)23)8-24(22-6-5-17(28)9-25(22)37-3)33-18-10-19(36-2)12-21(11-18)39(4,34)35/h5-7,9-14,24,32-33H,8H2,1-4H3. The zero-order valence-electron chi connectivity index (χ0n) is 21.4. The lowest BCUT2D eigenvalue weighted by Gasteiger charge is -2.23. The van der Waals surface area contributed by atoms with E-state index < -0.39 is 22.2 Å². The number of fused-ring (bicyclic) bond motifs is 1. The van der Waals surface area contributed by atoms with E-state index in [-0.39, 0.29) is 17.1 Å². The molecule has 0 spiro atoms. The highest BCUT2D eigenvalue weighted by molar-refractivity contribution is 7.90. The number of hydrogen-bond acceptors (Lipinski definition) is 6. The summed E-state index contributed by atoms with van der Waals surface area (Å²) in [5.41, 5.74) is 3.09. The van der Waals surface area contributed by atoms with Gasteiger partial charge in [0.15, 0.2) is 9.84 Å². The van der Waals surface area contributed by atoms with Crippen molar-refractivity contribution in [1.82, 2.24) is 4.98 Å². The highest BCUT2D eigenvalue weighted by atomic mass is 35.5. The van der Waals surface area contributed by atoms with E-state index in [1.807, 2.05) is 0 Å². The normalized spacial score (nSPS) is 12.8. The summed E-state index contributed by atoms with van der Waals surface area (Å²) in [6.45, 7) is 1.69. The van der Waals surface area contributed by atoms with Gasteiger partial charge in [0.25, 0.3) is 0 Å². The highest BCUT2D eigenvalue weighted by Crippen LogP contribution is 2.37. The summed E-state index contributed by atoms with van der Waals surface area (Å²) in [7, 11) is -0.627. The first kappa shape index (κ1) is 28.4. The monoisotopic (exact) mass is 582 g/mol. The number of nitrogens with one attached hydrogen (secondary N) is 2. The number of aryl methyl sites for hydroxylation is 1. The summed E-state index contributed by atoms with van der Waals surface area (Å²) in [5.74, 6) is 0.481. The van der Waals surface area contributed by atoms with Crippen molar-refractivity contribution in [2.45, 2.75) is 30.6 Å². The van der Waals surface area contributed by atoms with Crippen LogP contribution >= 0.6 is 11.6 Å². The van der Waals surface area contributed by atoms with Crippen molar-refractivity contribution in [2.75, 3.05) is 25.8 Å². The number of halogens is 4. The lowest BCUT2D eigenvalue weighted by molar-refractivity contribution is -0.274. The van der Waals surface area contributed by atoms with E-state index in [2.05, 4.69) is 15.0 Å². The quantitative estimate of drug-likeness (QED) is 0.224. The first-order valence-electron chi connectivity index (χ1n) is 11.6. The number of benzene rings is 3. The van der Waals surface area contributed by atoms with E-state index in [1.54, 1.807) is 37.4 Å². The minimum Gasteiger partial charge on any atom is -0.497 e. The molecule has 1 atom stereocenters. The Labute approximate surface area is 228 Å². The van der Waals surface area contributed by atoms with Gasteiger partial charge in [-0.15, -0.1) is 13.2 Å². The van der Waals surface area contributed by atoms with Crippen molar-refractivity contribution < 1.29 is 35.8 Å². The summed E-state index contributed by atoms with van der Waals surface area (Å²) >= 11 is 6.19.